The van der Waals surface area contributed by atoms with Crippen LogP contribution in [0.3, 0.4) is 0 Å². The van der Waals surface area contributed by atoms with Crippen LogP contribution in [0, 0.1) is 11.8 Å². The molecule has 4 aliphatic rings. The smallest absolute Gasteiger partial charge is 0.343 e. The second-order valence-corrected chi connectivity index (χ2v) is 10.6. The quantitative estimate of drug-likeness (QED) is 0.177. The zero-order valence-corrected chi connectivity index (χ0v) is 21.1. The Morgan fingerprint density at radius 3 is 1.62 bits per heavy atom. The van der Waals surface area contributed by atoms with E-state index in [9.17, 15) is 14.4 Å². The Labute approximate surface area is 221 Å². The maximum absolute atomic E-state index is 14.1. The number of rotatable bonds is 3. The standard InChI is InChI=1S/C31H20BrNO4/c32-18-15-13-17(14-16-18)31(36)37-24-12-6-5-11-23(24)33-29(34)27-25-19-7-1-2-8-20(19)26(28(27)30(33)35)22-10-4-3-9-21(22)25/h1-16,25-28H/t25?,26?,27-,28-/m0/s1. The monoisotopic (exact) mass is 549 g/mol. The minimum atomic E-state index is -0.559. The van der Waals surface area contributed by atoms with Gasteiger partial charge in [-0.15, -0.1) is 0 Å². The van der Waals surface area contributed by atoms with Crippen LogP contribution in [0.25, 0.3) is 0 Å². The molecule has 0 unspecified atom stereocenters. The normalized spacial score (nSPS) is 22.9. The number of benzene rings is 4. The number of nitrogens with zero attached hydrogens (tertiary/aromatic N) is 1. The third kappa shape index (κ3) is 3.18. The number of esters is 1. The van der Waals surface area contributed by atoms with E-state index in [2.05, 4.69) is 40.2 Å². The van der Waals surface area contributed by atoms with Crippen LogP contribution in [0.5, 0.6) is 5.75 Å². The molecule has 2 atom stereocenters. The summed E-state index contributed by atoms with van der Waals surface area (Å²) in [6.07, 6.45) is 0. The van der Waals surface area contributed by atoms with E-state index in [1.807, 2.05) is 24.3 Å². The van der Waals surface area contributed by atoms with Crippen LogP contribution < -0.4 is 9.64 Å². The maximum Gasteiger partial charge on any atom is 0.343 e. The van der Waals surface area contributed by atoms with Gasteiger partial charge < -0.3 is 4.74 Å². The number of ether oxygens (including phenoxy) is 1. The summed E-state index contributed by atoms with van der Waals surface area (Å²) in [5.74, 6) is -2.27. The third-order valence-corrected chi connectivity index (χ3v) is 8.37. The van der Waals surface area contributed by atoms with Crippen LogP contribution in [0.15, 0.2) is 102 Å². The number of para-hydroxylation sites is 2. The highest BCUT2D eigenvalue weighted by Crippen LogP contribution is 2.61. The minimum Gasteiger partial charge on any atom is -0.421 e. The Kier molecular flexibility index (Phi) is 4.95. The Hall–Kier alpha value is -4.03. The minimum absolute atomic E-state index is 0.179. The molecule has 4 aromatic carbocycles. The van der Waals surface area contributed by atoms with Gasteiger partial charge in [0.2, 0.25) is 11.8 Å². The van der Waals surface area contributed by atoms with Crippen molar-refractivity contribution in [2.24, 2.45) is 11.8 Å². The van der Waals surface area contributed by atoms with Crippen molar-refractivity contribution in [1.82, 2.24) is 0 Å². The Balaban J connectivity index is 1.30. The molecule has 8 rings (SSSR count). The molecule has 180 valence electrons. The van der Waals surface area contributed by atoms with Gasteiger partial charge in [-0.1, -0.05) is 76.6 Å². The van der Waals surface area contributed by atoms with E-state index in [1.165, 1.54) is 4.90 Å². The lowest BCUT2D eigenvalue weighted by Gasteiger charge is -2.45. The lowest BCUT2D eigenvalue weighted by atomic mass is 9.55. The topological polar surface area (TPSA) is 63.7 Å². The first kappa shape index (κ1) is 22.2. The van der Waals surface area contributed by atoms with Gasteiger partial charge in [-0.3, -0.25) is 9.59 Å². The molecule has 2 bridgehead atoms. The summed E-state index contributed by atoms with van der Waals surface area (Å²) in [7, 11) is 0. The second-order valence-electron chi connectivity index (χ2n) is 9.64. The van der Waals surface area contributed by atoms with E-state index in [4.69, 9.17) is 4.74 Å². The van der Waals surface area contributed by atoms with Gasteiger partial charge >= 0.3 is 5.97 Å². The first-order valence-electron chi connectivity index (χ1n) is 12.2. The van der Waals surface area contributed by atoms with Crippen LogP contribution in [-0.4, -0.2) is 17.8 Å². The highest BCUT2D eigenvalue weighted by molar-refractivity contribution is 9.10. The molecular weight excluding hydrogens is 530 g/mol. The predicted octanol–water partition coefficient (Wildman–Crippen LogP) is 6.06. The average molecular weight is 550 g/mol. The summed E-state index contributed by atoms with van der Waals surface area (Å²) in [6.45, 7) is 0. The summed E-state index contributed by atoms with van der Waals surface area (Å²) >= 11 is 3.36. The predicted molar refractivity (Wildman–Crippen MR) is 142 cm³/mol. The van der Waals surface area contributed by atoms with E-state index in [-0.39, 0.29) is 29.4 Å². The van der Waals surface area contributed by atoms with Crippen molar-refractivity contribution in [3.63, 3.8) is 0 Å². The third-order valence-electron chi connectivity index (χ3n) is 7.84. The highest BCUT2D eigenvalue weighted by atomic mass is 79.9. The average Bonchev–Trinajstić information content (AvgIpc) is 3.19. The Morgan fingerprint density at radius 1 is 0.649 bits per heavy atom. The van der Waals surface area contributed by atoms with Crippen molar-refractivity contribution in [2.75, 3.05) is 4.90 Å². The van der Waals surface area contributed by atoms with Crippen molar-refractivity contribution in [2.45, 2.75) is 11.8 Å². The molecule has 6 heteroatoms. The second kappa shape index (κ2) is 8.25. The molecular formula is C31H20BrNO4. The molecule has 3 aliphatic carbocycles. The molecule has 37 heavy (non-hydrogen) atoms. The number of imide groups is 1. The largest absolute Gasteiger partial charge is 0.421 e. The number of carbonyl (C=O) groups is 3. The molecule has 1 heterocycles. The van der Waals surface area contributed by atoms with Crippen LogP contribution in [0.2, 0.25) is 0 Å². The fraction of sp³-hybridized carbons (Fsp3) is 0.129. The number of hydrogen-bond donors (Lipinski definition) is 0. The number of amides is 2. The van der Waals surface area contributed by atoms with Crippen LogP contribution >= 0.6 is 15.9 Å². The number of hydrogen-bond acceptors (Lipinski definition) is 4. The van der Waals surface area contributed by atoms with Gasteiger partial charge in [0.15, 0.2) is 5.75 Å². The molecule has 0 aromatic heterocycles. The van der Waals surface area contributed by atoms with Gasteiger partial charge in [0.1, 0.15) is 0 Å². The zero-order chi connectivity index (χ0) is 25.3. The van der Waals surface area contributed by atoms with E-state index in [1.54, 1.807) is 48.5 Å². The first-order valence-corrected chi connectivity index (χ1v) is 13.0. The van der Waals surface area contributed by atoms with Gasteiger partial charge in [0.05, 0.1) is 23.1 Å². The lowest BCUT2D eigenvalue weighted by Crippen LogP contribution is -2.41. The van der Waals surface area contributed by atoms with Crippen molar-refractivity contribution in [3.8, 4) is 5.75 Å². The molecule has 1 saturated heterocycles. The van der Waals surface area contributed by atoms with Gasteiger partial charge in [-0.2, -0.15) is 0 Å². The van der Waals surface area contributed by atoms with Crippen LogP contribution in [0.1, 0.15) is 44.4 Å². The van der Waals surface area contributed by atoms with E-state index in [0.29, 0.717) is 11.3 Å². The molecule has 4 aromatic rings. The summed E-state index contributed by atoms with van der Waals surface area (Å²) in [6, 6.07) is 29.9. The van der Waals surface area contributed by atoms with Crippen molar-refractivity contribution >= 4 is 39.4 Å². The Bertz CT molecular complexity index is 1500. The molecule has 2 amide bonds. The fourth-order valence-corrected chi connectivity index (χ4v) is 6.65. The van der Waals surface area contributed by atoms with Crippen LogP contribution in [-0.2, 0) is 9.59 Å². The summed E-state index contributed by atoms with van der Waals surface area (Å²) in [5.41, 5.74) is 5.13. The molecule has 1 fully saturated rings. The van der Waals surface area contributed by atoms with Crippen molar-refractivity contribution in [1.29, 1.82) is 0 Å². The SMILES string of the molecule is O=C(Oc1ccccc1N1C(=O)[C@H]2C3c4ccccc4C(c4ccccc43)[C@@H]2C1=O)c1ccc(Br)cc1. The first-order chi connectivity index (χ1) is 18.0. The van der Waals surface area contributed by atoms with Crippen molar-refractivity contribution < 1.29 is 19.1 Å². The summed E-state index contributed by atoms with van der Waals surface area (Å²) < 4.78 is 6.57. The van der Waals surface area contributed by atoms with Gasteiger partial charge in [-0.05, 0) is 58.7 Å². The maximum atomic E-state index is 14.1. The van der Waals surface area contributed by atoms with Crippen molar-refractivity contribution in [3.05, 3.63) is 129 Å². The van der Waals surface area contributed by atoms with Gasteiger partial charge in [0, 0.05) is 16.3 Å². The number of anilines is 1. The molecule has 5 nitrogen and oxygen atoms in total. The molecule has 0 N–H and O–H groups in total. The molecule has 0 saturated carbocycles. The Morgan fingerprint density at radius 2 is 1.11 bits per heavy atom. The summed E-state index contributed by atoms with van der Waals surface area (Å²) in [4.78, 5) is 42.3. The highest BCUT2D eigenvalue weighted by Gasteiger charge is 2.62. The van der Waals surface area contributed by atoms with E-state index < -0.39 is 17.8 Å². The molecule has 0 spiro atoms. The summed E-state index contributed by atoms with van der Waals surface area (Å²) in [5, 5.41) is 0. The fourth-order valence-electron chi connectivity index (χ4n) is 6.39. The molecule has 0 radical (unpaired) electrons. The van der Waals surface area contributed by atoms with E-state index in [0.717, 1.165) is 26.7 Å². The van der Waals surface area contributed by atoms with E-state index >= 15 is 0 Å². The number of halogens is 1. The van der Waals surface area contributed by atoms with Gasteiger partial charge in [0.25, 0.3) is 0 Å². The molecule has 1 aliphatic heterocycles. The zero-order valence-electron chi connectivity index (χ0n) is 19.5. The van der Waals surface area contributed by atoms with Gasteiger partial charge in [-0.25, -0.2) is 9.69 Å². The number of carbonyl (C=O) groups excluding carboxylic acids is 3. The van der Waals surface area contributed by atoms with Crippen LogP contribution in [0.4, 0.5) is 5.69 Å². The lowest BCUT2D eigenvalue weighted by molar-refractivity contribution is -0.122.